The van der Waals surface area contributed by atoms with Crippen LogP contribution in [0.4, 0.5) is 10.6 Å². The van der Waals surface area contributed by atoms with Crippen molar-refractivity contribution in [2.45, 2.75) is 13.5 Å². The lowest BCUT2D eigenvalue weighted by molar-refractivity contribution is -0.114. The molecule has 2 amide bonds. The molecule has 1 N–H and O–H groups in total. The van der Waals surface area contributed by atoms with Crippen LogP contribution in [0, 0.1) is 11.8 Å². The van der Waals surface area contributed by atoms with E-state index in [1.807, 2.05) is 41.3 Å². The van der Waals surface area contributed by atoms with Crippen molar-refractivity contribution in [2.75, 3.05) is 31.5 Å². The van der Waals surface area contributed by atoms with Gasteiger partial charge in [0.1, 0.15) is 11.5 Å². The molecule has 3 aromatic rings. The van der Waals surface area contributed by atoms with Crippen LogP contribution in [0.5, 0.6) is 11.5 Å². The molecule has 0 aliphatic carbocycles. The normalized spacial score (nSPS) is 19.8. The number of halogens is 1. The van der Waals surface area contributed by atoms with E-state index in [0.29, 0.717) is 22.7 Å². The summed E-state index contributed by atoms with van der Waals surface area (Å²) in [6, 6.07) is 17.0. The zero-order valence-corrected chi connectivity index (χ0v) is 19.6. The maximum Gasteiger partial charge on any atom is 0.344 e. The number of benzene rings is 2. The minimum atomic E-state index is -0.211. The SMILES string of the molecule is CC(=O)Nc1ccn(C(=O)N2CC3CN(Cc4ccc(Oc5ccc(Cl)cc5)cc4)CC3C2)n1. The van der Waals surface area contributed by atoms with Gasteiger partial charge < -0.3 is 15.0 Å². The number of nitrogens with one attached hydrogen (secondary N) is 1. The molecule has 2 unspecified atom stereocenters. The number of carbonyl (C=O) groups excluding carboxylic acids is 2. The second-order valence-electron chi connectivity index (χ2n) is 8.93. The largest absolute Gasteiger partial charge is 0.457 e. The van der Waals surface area contributed by atoms with Crippen LogP contribution >= 0.6 is 11.6 Å². The van der Waals surface area contributed by atoms with Crippen LogP contribution in [-0.2, 0) is 11.3 Å². The van der Waals surface area contributed by atoms with Gasteiger partial charge in [-0.1, -0.05) is 23.7 Å². The first-order chi connectivity index (χ1) is 16.4. The number of aromatic nitrogens is 2. The van der Waals surface area contributed by atoms with E-state index in [2.05, 4.69) is 27.4 Å². The van der Waals surface area contributed by atoms with Gasteiger partial charge in [0, 0.05) is 56.9 Å². The van der Waals surface area contributed by atoms with Crippen LogP contribution in [-0.4, -0.2) is 57.7 Å². The van der Waals surface area contributed by atoms with Crippen LogP contribution in [0.25, 0.3) is 0 Å². The lowest BCUT2D eigenvalue weighted by Gasteiger charge is -2.21. The number of anilines is 1. The summed E-state index contributed by atoms with van der Waals surface area (Å²) in [5.41, 5.74) is 1.23. The van der Waals surface area contributed by atoms with Gasteiger partial charge in [-0.25, -0.2) is 4.79 Å². The number of rotatable bonds is 5. The molecule has 2 atom stereocenters. The molecule has 9 heteroatoms. The lowest BCUT2D eigenvalue weighted by Crippen LogP contribution is -2.36. The van der Waals surface area contributed by atoms with Gasteiger partial charge in [-0.05, 0) is 53.8 Å². The Bertz CT molecular complexity index is 1160. The summed E-state index contributed by atoms with van der Waals surface area (Å²) < 4.78 is 7.18. The van der Waals surface area contributed by atoms with Crippen LogP contribution in [0.3, 0.4) is 0 Å². The summed E-state index contributed by atoms with van der Waals surface area (Å²) in [5, 5.41) is 7.44. The molecule has 0 saturated carbocycles. The fourth-order valence-electron chi connectivity index (χ4n) is 4.76. The van der Waals surface area contributed by atoms with E-state index in [0.717, 1.165) is 44.2 Å². The Kier molecular flexibility index (Phi) is 6.26. The highest BCUT2D eigenvalue weighted by Gasteiger charge is 2.41. The molecule has 34 heavy (non-hydrogen) atoms. The number of amides is 2. The third-order valence-corrected chi connectivity index (χ3v) is 6.55. The van der Waals surface area contributed by atoms with Crippen molar-refractivity contribution in [3.8, 4) is 11.5 Å². The Balaban J connectivity index is 1.12. The van der Waals surface area contributed by atoms with Gasteiger partial charge in [0.2, 0.25) is 5.91 Å². The molecular weight excluding hydrogens is 454 g/mol. The Morgan fingerprint density at radius 3 is 2.21 bits per heavy atom. The summed E-state index contributed by atoms with van der Waals surface area (Å²) in [6.07, 6.45) is 1.59. The molecule has 2 fully saturated rings. The molecule has 0 radical (unpaired) electrons. The van der Waals surface area contributed by atoms with Crippen LogP contribution in [0.2, 0.25) is 5.02 Å². The number of ether oxygens (including phenoxy) is 1. The summed E-state index contributed by atoms with van der Waals surface area (Å²) in [7, 11) is 0. The van der Waals surface area contributed by atoms with Gasteiger partial charge in [0.05, 0.1) is 0 Å². The Morgan fingerprint density at radius 2 is 1.59 bits per heavy atom. The third kappa shape index (κ3) is 5.08. The molecule has 176 valence electrons. The summed E-state index contributed by atoms with van der Waals surface area (Å²) in [4.78, 5) is 28.3. The van der Waals surface area contributed by atoms with Crippen LogP contribution in [0.1, 0.15) is 12.5 Å². The van der Waals surface area contributed by atoms with Crippen LogP contribution in [0.15, 0.2) is 60.8 Å². The highest BCUT2D eigenvalue weighted by Crippen LogP contribution is 2.32. The quantitative estimate of drug-likeness (QED) is 0.589. The number of fused-ring (bicyclic) bond motifs is 1. The molecule has 5 rings (SSSR count). The first-order valence-corrected chi connectivity index (χ1v) is 11.7. The molecule has 0 bridgehead atoms. The highest BCUT2D eigenvalue weighted by atomic mass is 35.5. The number of likely N-dealkylation sites (tertiary alicyclic amines) is 2. The molecule has 2 aromatic carbocycles. The minimum absolute atomic E-state index is 0.145. The van der Waals surface area contributed by atoms with Crippen molar-refractivity contribution < 1.29 is 14.3 Å². The van der Waals surface area contributed by atoms with E-state index in [1.165, 1.54) is 17.2 Å². The van der Waals surface area contributed by atoms with Gasteiger partial charge in [0.15, 0.2) is 5.82 Å². The lowest BCUT2D eigenvalue weighted by atomic mass is 10.0. The minimum Gasteiger partial charge on any atom is -0.457 e. The summed E-state index contributed by atoms with van der Waals surface area (Å²) >= 11 is 5.92. The van der Waals surface area contributed by atoms with Gasteiger partial charge >= 0.3 is 6.03 Å². The fraction of sp³-hybridized carbons (Fsp3) is 0.320. The fourth-order valence-corrected chi connectivity index (χ4v) is 4.88. The molecule has 2 aliphatic rings. The van der Waals surface area contributed by atoms with E-state index < -0.39 is 0 Å². The average Bonchev–Trinajstić information content (AvgIpc) is 3.51. The van der Waals surface area contributed by atoms with E-state index >= 15 is 0 Å². The number of nitrogens with zero attached hydrogens (tertiary/aromatic N) is 4. The number of carbonyl (C=O) groups is 2. The molecule has 0 spiro atoms. The maximum absolute atomic E-state index is 12.8. The topological polar surface area (TPSA) is 79.7 Å². The monoisotopic (exact) mass is 479 g/mol. The molecule has 2 aliphatic heterocycles. The predicted octanol–water partition coefficient (Wildman–Crippen LogP) is 4.32. The van der Waals surface area contributed by atoms with E-state index in [9.17, 15) is 9.59 Å². The number of hydrogen-bond acceptors (Lipinski definition) is 5. The maximum atomic E-state index is 12.8. The first-order valence-electron chi connectivity index (χ1n) is 11.3. The Hall–Kier alpha value is -3.36. The van der Waals surface area contributed by atoms with E-state index in [1.54, 1.807) is 12.3 Å². The van der Waals surface area contributed by atoms with Gasteiger partial charge in [0.25, 0.3) is 0 Å². The summed E-state index contributed by atoms with van der Waals surface area (Å²) in [6.45, 7) is 5.67. The second-order valence-corrected chi connectivity index (χ2v) is 9.36. The van der Waals surface area contributed by atoms with E-state index in [-0.39, 0.29) is 11.9 Å². The van der Waals surface area contributed by atoms with Gasteiger partial charge in [-0.15, -0.1) is 5.10 Å². The Labute approximate surface area is 203 Å². The van der Waals surface area contributed by atoms with Crippen LogP contribution < -0.4 is 10.1 Å². The molecule has 3 heterocycles. The number of hydrogen-bond donors (Lipinski definition) is 1. The highest BCUT2D eigenvalue weighted by molar-refractivity contribution is 6.30. The molecule has 1 aromatic heterocycles. The Morgan fingerprint density at radius 1 is 0.971 bits per heavy atom. The second kappa shape index (κ2) is 9.48. The van der Waals surface area contributed by atoms with Crippen molar-refractivity contribution in [1.29, 1.82) is 0 Å². The van der Waals surface area contributed by atoms with Crippen molar-refractivity contribution in [2.24, 2.45) is 11.8 Å². The summed E-state index contributed by atoms with van der Waals surface area (Å²) in [5.74, 6) is 2.64. The van der Waals surface area contributed by atoms with Crippen molar-refractivity contribution in [3.63, 3.8) is 0 Å². The third-order valence-electron chi connectivity index (χ3n) is 6.30. The zero-order valence-electron chi connectivity index (χ0n) is 18.9. The van der Waals surface area contributed by atoms with Crippen molar-refractivity contribution >= 4 is 29.4 Å². The molecular formula is C25H26ClN5O3. The zero-order chi connectivity index (χ0) is 23.7. The predicted molar refractivity (Wildman–Crippen MR) is 129 cm³/mol. The smallest absolute Gasteiger partial charge is 0.344 e. The standard InChI is InChI=1S/C25H26ClN5O3/c1-17(32)27-24-10-11-31(28-24)25(33)30-15-19-13-29(14-20(19)16-30)12-18-2-6-22(7-3-18)34-23-8-4-21(26)5-9-23/h2-11,19-20H,12-16H2,1H3,(H,27,28,32). The van der Waals surface area contributed by atoms with Crippen molar-refractivity contribution in [1.82, 2.24) is 19.6 Å². The van der Waals surface area contributed by atoms with E-state index in [4.69, 9.17) is 16.3 Å². The average molecular weight is 480 g/mol. The van der Waals surface area contributed by atoms with Gasteiger partial charge in [-0.3, -0.25) is 9.69 Å². The molecule has 8 nitrogen and oxygen atoms in total. The first kappa shape index (κ1) is 22.4. The molecule has 2 saturated heterocycles. The van der Waals surface area contributed by atoms with Crippen molar-refractivity contribution in [3.05, 3.63) is 71.4 Å². The van der Waals surface area contributed by atoms with Gasteiger partial charge in [-0.2, -0.15) is 4.68 Å².